The van der Waals surface area contributed by atoms with Crippen LogP contribution in [-0.2, 0) is 9.59 Å². The largest absolute Gasteiger partial charge is 0.481 e. The van der Waals surface area contributed by atoms with Crippen LogP contribution in [0.1, 0.15) is 46.5 Å². The highest BCUT2D eigenvalue weighted by molar-refractivity contribution is 5.80. The van der Waals surface area contributed by atoms with Gasteiger partial charge in [0.1, 0.15) is 0 Å². The number of carbonyl (C=O) groups excluding carboxylic acids is 1. The van der Waals surface area contributed by atoms with Gasteiger partial charge in [0.2, 0.25) is 5.91 Å². The lowest BCUT2D eigenvalue weighted by molar-refractivity contribution is -0.154. The molecule has 0 aromatic carbocycles. The number of carboxylic acids is 1. The van der Waals surface area contributed by atoms with E-state index < -0.39 is 11.4 Å². The van der Waals surface area contributed by atoms with Crippen molar-refractivity contribution in [1.29, 1.82) is 0 Å². The minimum absolute atomic E-state index is 0.127. The maximum Gasteiger partial charge on any atom is 0.311 e. The lowest BCUT2D eigenvalue weighted by atomic mass is 9.69. The van der Waals surface area contributed by atoms with Crippen LogP contribution in [0.3, 0.4) is 0 Å². The molecule has 1 amide bonds. The van der Waals surface area contributed by atoms with E-state index in [0.717, 1.165) is 6.42 Å². The smallest absolute Gasteiger partial charge is 0.311 e. The molecule has 1 saturated carbocycles. The lowest BCUT2D eigenvalue weighted by Crippen LogP contribution is -2.49. The van der Waals surface area contributed by atoms with E-state index in [1.54, 1.807) is 0 Å². The molecule has 0 saturated heterocycles. The molecule has 1 aliphatic rings. The average molecular weight is 256 g/mol. The quantitative estimate of drug-likeness (QED) is 0.687. The number of amides is 1. The topological polar surface area (TPSA) is 92.4 Å². The molecule has 1 rings (SSSR count). The normalized spacial score (nSPS) is 19.8. The number of hydrogen-bond donors (Lipinski definition) is 3. The fraction of sp³-hybridized carbons (Fsp3) is 0.846. The zero-order valence-corrected chi connectivity index (χ0v) is 11.5. The summed E-state index contributed by atoms with van der Waals surface area (Å²) in [6, 6.07) is -0.223. The summed E-state index contributed by atoms with van der Waals surface area (Å²) in [6.07, 6.45) is 2.45. The molecular weight excluding hydrogens is 232 g/mol. The third-order valence-corrected chi connectivity index (χ3v) is 3.91. The van der Waals surface area contributed by atoms with Crippen LogP contribution in [0.15, 0.2) is 0 Å². The molecular formula is C13H24N2O3. The van der Waals surface area contributed by atoms with Gasteiger partial charge in [0.15, 0.2) is 0 Å². The minimum atomic E-state index is -0.811. The molecule has 1 atom stereocenters. The Hall–Kier alpha value is -1.10. The molecule has 0 aromatic heterocycles. The van der Waals surface area contributed by atoms with Crippen LogP contribution in [-0.4, -0.2) is 29.6 Å². The first-order valence-electron chi connectivity index (χ1n) is 6.43. The van der Waals surface area contributed by atoms with Crippen molar-refractivity contribution >= 4 is 11.9 Å². The number of rotatable bonds is 5. The Morgan fingerprint density at radius 3 is 2.28 bits per heavy atom. The molecule has 0 aliphatic heterocycles. The molecule has 5 nitrogen and oxygen atoms in total. The molecule has 1 aliphatic carbocycles. The van der Waals surface area contributed by atoms with Gasteiger partial charge in [-0.3, -0.25) is 9.59 Å². The Morgan fingerprint density at radius 1 is 1.39 bits per heavy atom. The van der Waals surface area contributed by atoms with E-state index in [-0.39, 0.29) is 30.3 Å². The van der Waals surface area contributed by atoms with E-state index >= 15 is 0 Å². The number of aliphatic carboxylic acids is 1. The molecule has 0 aromatic rings. The zero-order chi connectivity index (χ0) is 14.0. The fourth-order valence-corrected chi connectivity index (χ4v) is 1.92. The standard InChI is InChI=1S/C13H24N2O3/c1-12(2,3)9(14)7-10(16)15-8-13(11(17)18)5-4-6-13/h9H,4-8,14H2,1-3H3,(H,15,16)(H,17,18). The van der Waals surface area contributed by atoms with Crippen molar-refractivity contribution < 1.29 is 14.7 Å². The van der Waals surface area contributed by atoms with E-state index in [2.05, 4.69) is 5.32 Å². The molecule has 0 heterocycles. The Morgan fingerprint density at radius 2 is 1.94 bits per heavy atom. The maximum absolute atomic E-state index is 11.7. The molecule has 1 fully saturated rings. The third-order valence-electron chi connectivity index (χ3n) is 3.91. The summed E-state index contributed by atoms with van der Waals surface area (Å²) in [5, 5.41) is 11.8. The lowest BCUT2D eigenvalue weighted by Gasteiger charge is -2.37. The number of hydrogen-bond acceptors (Lipinski definition) is 3. The van der Waals surface area contributed by atoms with Gasteiger partial charge in [-0.15, -0.1) is 0 Å². The molecule has 0 bridgehead atoms. The Labute approximate surface area is 108 Å². The second-order valence-electron chi connectivity index (χ2n) is 6.39. The van der Waals surface area contributed by atoms with Crippen LogP contribution < -0.4 is 11.1 Å². The van der Waals surface area contributed by atoms with Crippen molar-refractivity contribution in [1.82, 2.24) is 5.32 Å². The number of nitrogens with two attached hydrogens (primary N) is 1. The van der Waals surface area contributed by atoms with Gasteiger partial charge in [-0.05, 0) is 18.3 Å². The van der Waals surface area contributed by atoms with Gasteiger partial charge < -0.3 is 16.2 Å². The number of carboxylic acid groups (broad SMARTS) is 1. The monoisotopic (exact) mass is 256 g/mol. The summed E-state index contributed by atoms with van der Waals surface area (Å²) < 4.78 is 0. The molecule has 0 spiro atoms. The van der Waals surface area contributed by atoms with Crippen LogP contribution in [0.2, 0.25) is 0 Å². The van der Waals surface area contributed by atoms with Gasteiger partial charge in [-0.1, -0.05) is 27.2 Å². The van der Waals surface area contributed by atoms with Crippen molar-refractivity contribution in [3.63, 3.8) is 0 Å². The van der Waals surface area contributed by atoms with E-state index in [1.807, 2.05) is 20.8 Å². The molecule has 1 unspecified atom stereocenters. The van der Waals surface area contributed by atoms with Crippen molar-refractivity contribution in [3.05, 3.63) is 0 Å². The van der Waals surface area contributed by atoms with Crippen molar-refractivity contribution in [2.24, 2.45) is 16.6 Å². The fourth-order valence-electron chi connectivity index (χ4n) is 1.92. The van der Waals surface area contributed by atoms with Crippen LogP contribution in [0.4, 0.5) is 0 Å². The van der Waals surface area contributed by atoms with E-state index in [0.29, 0.717) is 12.8 Å². The summed E-state index contributed by atoms with van der Waals surface area (Å²) in [7, 11) is 0. The first-order chi connectivity index (χ1) is 8.17. The summed E-state index contributed by atoms with van der Waals surface area (Å²) >= 11 is 0. The van der Waals surface area contributed by atoms with Gasteiger partial charge >= 0.3 is 5.97 Å². The summed E-state index contributed by atoms with van der Waals surface area (Å²) in [6.45, 7) is 6.17. The highest BCUT2D eigenvalue weighted by Crippen LogP contribution is 2.40. The highest BCUT2D eigenvalue weighted by atomic mass is 16.4. The van der Waals surface area contributed by atoms with Crippen molar-refractivity contribution in [2.75, 3.05) is 6.54 Å². The van der Waals surface area contributed by atoms with Gasteiger partial charge in [0.05, 0.1) is 5.41 Å². The van der Waals surface area contributed by atoms with Crippen LogP contribution >= 0.6 is 0 Å². The average Bonchev–Trinajstić information content (AvgIpc) is 2.13. The molecule has 104 valence electrons. The van der Waals surface area contributed by atoms with Gasteiger partial charge in [0.25, 0.3) is 0 Å². The zero-order valence-electron chi connectivity index (χ0n) is 11.5. The summed E-state index contributed by atoms with van der Waals surface area (Å²) in [5.74, 6) is -0.973. The highest BCUT2D eigenvalue weighted by Gasteiger charge is 2.44. The first kappa shape index (κ1) is 15.0. The minimum Gasteiger partial charge on any atom is -0.481 e. The van der Waals surface area contributed by atoms with Crippen LogP contribution in [0.5, 0.6) is 0 Å². The predicted molar refractivity (Wildman–Crippen MR) is 69.0 cm³/mol. The summed E-state index contributed by atoms with van der Waals surface area (Å²) in [5.41, 5.74) is 5.06. The second-order valence-corrected chi connectivity index (χ2v) is 6.39. The van der Waals surface area contributed by atoms with Gasteiger partial charge in [0, 0.05) is 19.0 Å². The summed E-state index contributed by atoms with van der Waals surface area (Å²) in [4.78, 5) is 22.8. The number of nitrogens with one attached hydrogen (secondary N) is 1. The predicted octanol–water partition coefficient (Wildman–Crippen LogP) is 1.12. The Balaban J connectivity index is 2.40. The first-order valence-corrected chi connectivity index (χ1v) is 6.43. The molecule has 18 heavy (non-hydrogen) atoms. The van der Waals surface area contributed by atoms with Gasteiger partial charge in [-0.25, -0.2) is 0 Å². The van der Waals surface area contributed by atoms with Crippen molar-refractivity contribution in [3.8, 4) is 0 Å². The Bertz CT molecular complexity index is 330. The van der Waals surface area contributed by atoms with E-state index in [9.17, 15) is 9.59 Å². The number of carbonyl (C=O) groups is 2. The molecule has 4 N–H and O–H groups in total. The third kappa shape index (κ3) is 3.45. The van der Waals surface area contributed by atoms with Crippen molar-refractivity contribution in [2.45, 2.75) is 52.5 Å². The SMILES string of the molecule is CC(C)(C)C(N)CC(=O)NCC1(C(=O)O)CCC1. The van der Waals surface area contributed by atoms with Crippen LogP contribution in [0.25, 0.3) is 0 Å². The Kier molecular flexibility index (Phi) is 4.37. The maximum atomic E-state index is 11.7. The van der Waals surface area contributed by atoms with E-state index in [4.69, 9.17) is 10.8 Å². The van der Waals surface area contributed by atoms with E-state index in [1.165, 1.54) is 0 Å². The van der Waals surface area contributed by atoms with Crippen LogP contribution in [0, 0.1) is 10.8 Å². The second kappa shape index (κ2) is 5.26. The molecule has 0 radical (unpaired) electrons. The molecule has 5 heteroatoms. The van der Waals surface area contributed by atoms with Gasteiger partial charge in [-0.2, -0.15) is 0 Å².